The number of aliphatic hydroxyl groups excluding tert-OH is 1. The number of unbranched alkanes of at least 4 members (excludes halogenated alkanes) is 3. The molecule has 0 aliphatic carbocycles. The van der Waals surface area contributed by atoms with Gasteiger partial charge in [0.2, 0.25) is 0 Å². The molecule has 13 heavy (non-hydrogen) atoms. The Bertz CT molecular complexity index is 109. The van der Waals surface area contributed by atoms with Crippen molar-refractivity contribution in [3.05, 3.63) is 0 Å². The van der Waals surface area contributed by atoms with Crippen LogP contribution < -0.4 is 0 Å². The molecule has 1 rings (SSSR count). The van der Waals surface area contributed by atoms with E-state index in [2.05, 4.69) is 0 Å². The minimum atomic E-state index is 0.347. The van der Waals surface area contributed by atoms with Gasteiger partial charge >= 0.3 is 0 Å². The minimum absolute atomic E-state index is 0.347. The largest absolute Gasteiger partial charge is 0.396 e. The Labute approximate surface area is 81.3 Å². The molecule has 0 amide bonds. The summed E-state index contributed by atoms with van der Waals surface area (Å²) in [6, 6.07) is 0. The van der Waals surface area contributed by atoms with Crippen molar-refractivity contribution in [3.63, 3.8) is 0 Å². The molecule has 1 heterocycles. The van der Waals surface area contributed by atoms with Gasteiger partial charge in [-0.15, -0.1) is 0 Å². The number of rotatable bonds is 6. The highest BCUT2D eigenvalue weighted by atomic mass is 16.5. The molecule has 1 atom stereocenters. The van der Waals surface area contributed by atoms with Crippen molar-refractivity contribution in [2.75, 3.05) is 13.2 Å². The van der Waals surface area contributed by atoms with Crippen LogP contribution in [-0.4, -0.2) is 24.4 Å². The molecular weight excluding hydrogens is 164 g/mol. The Morgan fingerprint density at radius 2 is 1.92 bits per heavy atom. The van der Waals surface area contributed by atoms with E-state index in [0.717, 1.165) is 13.0 Å². The van der Waals surface area contributed by atoms with Gasteiger partial charge in [0.25, 0.3) is 0 Å². The van der Waals surface area contributed by atoms with Crippen LogP contribution in [0.5, 0.6) is 0 Å². The molecule has 2 nitrogen and oxygen atoms in total. The summed E-state index contributed by atoms with van der Waals surface area (Å²) in [5.41, 5.74) is 0. The Morgan fingerprint density at radius 3 is 2.62 bits per heavy atom. The third-order valence-corrected chi connectivity index (χ3v) is 2.71. The molecule has 1 unspecified atom stereocenters. The molecule has 0 aromatic rings. The van der Waals surface area contributed by atoms with Crippen LogP contribution in [0.4, 0.5) is 0 Å². The smallest absolute Gasteiger partial charge is 0.0575 e. The standard InChI is InChI=1S/C11H22O2/c12-9-5-2-1-3-7-11-8-4-6-10-13-11/h11-12H,1-10H2. The first-order valence-electron chi connectivity index (χ1n) is 5.66. The van der Waals surface area contributed by atoms with Gasteiger partial charge in [0, 0.05) is 13.2 Å². The summed E-state index contributed by atoms with van der Waals surface area (Å²) in [7, 11) is 0. The lowest BCUT2D eigenvalue weighted by atomic mass is 10.0. The van der Waals surface area contributed by atoms with Crippen LogP contribution in [0.2, 0.25) is 0 Å². The fraction of sp³-hybridized carbons (Fsp3) is 1.00. The second-order valence-electron chi connectivity index (χ2n) is 3.92. The van der Waals surface area contributed by atoms with Gasteiger partial charge in [-0.3, -0.25) is 0 Å². The molecule has 0 bridgehead atoms. The molecule has 2 heteroatoms. The van der Waals surface area contributed by atoms with E-state index in [4.69, 9.17) is 9.84 Å². The zero-order valence-electron chi connectivity index (χ0n) is 8.50. The van der Waals surface area contributed by atoms with Gasteiger partial charge in [-0.25, -0.2) is 0 Å². The van der Waals surface area contributed by atoms with Gasteiger partial charge in [-0.2, -0.15) is 0 Å². The molecule has 1 fully saturated rings. The van der Waals surface area contributed by atoms with Crippen molar-refractivity contribution in [3.8, 4) is 0 Å². The monoisotopic (exact) mass is 186 g/mol. The molecule has 1 N–H and O–H groups in total. The second-order valence-corrected chi connectivity index (χ2v) is 3.92. The van der Waals surface area contributed by atoms with Crippen LogP contribution >= 0.6 is 0 Å². The molecule has 0 aromatic heterocycles. The first kappa shape index (κ1) is 11.0. The van der Waals surface area contributed by atoms with E-state index in [1.807, 2.05) is 0 Å². The highest BCUT2D eigenvalue weighted by Gasteiger charge is 2.12. The SMILES string of the molecule is OCCCCCCC1CCCCO1. The first-order valence-corrected chi connectivity index (χ1v) is 5.66. The van der Waals surface area contributed by atoms with Gasteiger partial charge in [-0.05, 0) is 32.1 Å². The van der Waals surface area contributed by atoms with Crippen molar-refractivity contribution in [2.24, 2.45) is 0 Å². The second kappa shape index (κ2) is 7.34. The highest BCUT2D eigenvalue weighted by Crippen LogP contribution is 2.18. The maximum Gasteiger partial charge on any atom is 0.0575 e. The van der Waals surface area contributed by atoms with Crippen LogP contribution in [0, 0.1) is 0 Å². The Balaban J connectivity index is 1.86. The number of hydrogen-bond acceptors (Lipinski definition) is 2. The van der Waals surface area contributed by atoms with Crippen LogP contribution in [0.15, 0.2) is 0 Å². The Hall–Kier alpha value is -0.0800. The fourth-order valence-electron chi connectivity index (χ4n) is 1.87. The van der Waals surface area contributed by atoms with Gasteiger partial charge in [0.15, 0.2) is 0 Å². The summed E-state index contributed by atoms with van der Waals surface area (Å²) in [5.74, 6) is 0. The fourth-order valence-corrected chi connectivity index (χ4v) is 1.87. The summed E-state index contributed by atoms with van der Waals surface area (Å²) in [5, 5.41) is 8.59. The van der Waals surface area contributed by atoms with E-state index in [0.29, 0.717) is 12.7 Å². The minimum Gasteiger partial charge on any atom is -0.396 e. The first-order chi connectivity index (χ1) is 6.43. The van der Waals surface area contributed by atoms with Gasteiger partial charge < -0.3 is 9.84 Å². The van der Waals surface area contributed by atoms with Crippen molar-refractivity contribution in [2.45, 2.75) is 57.5 Å². The summed E-state index contributed by atoms with van der Waals surface area (Å²) >= 11 is 0. The third kappa shape index (κ3) is 5.27. The molecule has 1 saturated heterocycles. The van der Waals surface area contributed by atoms with Crippen molar-refractivity contribution >= 4 is 0 Å². The van der Waals surface area contributed by atoms with E-state index in [-0.39, 0.29) is 0 Å². The molecular formula is C11H22O2. The molecule has 0 aromatic carbocycles. The lowest BCUT2D eigenvalue weighted by Gasteiger charge is -2.22. The van der Waals surface area contributed by atoms with Crippen LogP contribution in [0.25, 0.3) is 0 Å². The molecule has 1 aliphatic heterocycles. The highest BCUT2D eigenvalue weighted by molar-refractivity contribution is 4.63. The predicted molar refractivity (Wildman–Crippen MR) is 53.8 cm³/mol. The summed E-state index contributed by atoms with van der Waals surface area (Å²) in [6.07, 6.45) is 10.3. The Kier molecular flexibility index (Phi) is 6.21. The van der Waals surface area contributed by atoms with E-state index in [1.165, 1.54) is 44.9 Å². The number of aliphatic hydroxyl groups is 1. The van der Waals surface area contributed by atoms with E-state index < -0.39 is 0 Å². The van der Waals surface area contributed by atoms with E-state index >= 15 is 0 Å². The van der Waals surface area contributed by atoms with Crippen LogP contribution in [0.3, 0.4) is 0 Å². The van der Waals surface area contributed by atoms with E-state index in [1.54, 1.807) is 0 Å². The zero-order valence-corrected chi connectivity index (χ0v) is 8.50. The topological polar surface area (TPSA) is 29.5 Å². The lowest BCUT2D eigenvalue weighted by molar-refractivity contribution is 0.00974. The van der Waals surface area contributed by atoms with Gasteiger partial charge in [0.1, 0.15) is 0 Å². The third-order valence-electron chi connectivity index (χ3n) is 2.71. The molecule has 78 valence electrons. The van der Waals surface area contributed by atoms with Crippen molar-refractivity contribution in [1.29, 1.82) is 0 Å². The molecule has 0 spiro atoms. The average molecular weight is 186 g/mol. The maximum atomic E-state index is 8.59. The van der Waals surface area contributed by atoms with E-state index in [9.17, 15) is 0 Å². The van der Waals surface area contributed by atoms with Gasteiger partial charge in [-0.1, -0.05) is 19.3 Å². The molecule has 0 radical (unpaired) electrons. The zero-order chi connectivity index (χ0) is 9.36. The average Bonchev–Trinajstić information content (AvgIpc) is 2.19. The van der Waals surface area contributed by atoms with Crippen LogP contribution in [-0.2, 0) is 4.74 Å². The normalized spacial score (nSPS) is 23.3. The molecule has 1 aliphatic rings. The molecule has 0 saturated carbocycles. The quantitative estimate of drug-likeness (QED) is 0.646. The predicted octanol–water partition coefficient (Wildman–Crippen LogP) is 2.50. The van der Waals surface area contributed by atoms with Crippen molar-refractivity contribution in [1.82, 2.24) is 0 Å². The Morgan fingerprint density at radius 1 is 1.08 bits per heavy atom. The van der Waals surface area contributed by atoms with Crippen LogP contribution in [0.1, 0.15) is 51.4 Å². The number of hydrogen-bond donors (Lipinski definition) is 1. The summed E-state index contributed by atoms with van der Waals surface area (Å²) in [4.78, 5) is 0. The summed E-state index contributed by atoms with van der Waals surface area (Å²) in [6.45, 7) is 1.32. The number of ether oxygens (including phenoxy) is 1. The van der Waals surface area contributed by atoms with Gasteiger partial charge in [0.05, 0.1) is 6.10 Å². The van der Waals surface area contributed by atoms with Crippen molar-refractivity contribution < 1.29 is 9.84 Å². The lowest BCUT2D eigenvalue weighted by Crippen LogP contribution is -2.18. The summed E-state index contributed by atoms with van der Waals surface area (Å²) < 4.78 is 5.64. The maximum absolute atomic E-state index is 8.59.